The van der Waals surface area contributed by atoms with Gasteiger partial charge in [0.15, 0.2) is 0 Å². The monoisotopic (exact) mass is 156 g/mol. The maximum atomic E-state index is 9.10. The first kappa shape index (κ1) is 15.7. The van der Waals surface area contributed by atoms with Crippen molar-refractivity contribution in [3.63, 3.8) is 0 Å². The van der Waals surface area contributed by atoms with Gasteiger partial charge in [-0.05, 0) is 0 Å². The summed E-state index contributed by atoms with van der Waals surface area (Å²) in [6.45, 7) is 0. The molecule has 0 saturated heterocycles. The average Bonchev–Trinajstić information content (AvgIpc) is 1.36. The van der Waals surface area contributed by atoms with Crippen LogP contribution in [0.15, 0.2) is 0 Å². The number of carboxylic acids is 2. The van der Waals surface area contributed by atoms with Gasteiger partial charge >= 0.3 is 30.8 Å². The molecule has 0 radical (unpaired) electrons. The molecule has 0 heterocycles. The Labute approximate surface area is 68.8 Å². The summed E-state index contributed by atoms with van der Waals surface area (Å²) in [4.78, 5) is 18.2. The third-order valence-electron chi connectivity index (χ3n) is 0.183. The zero-order valence-corrected chi connectivity index (χ0v) is 5.01. The second-order valence-electron chi connectivity index (χ2n) is 0.610. The van der Waals surface area contributed by atoms with Crippen LogP contribution < -0.4 is 18.9 Å². The summed E-state index contributed by atoms with van der Waals surface area (Å²) in [7, 11) is 0. The fourth-order valence-electron chi connectivity index (χ4n) is 0. The van der Waals surface area contributed by atoms with Gasteiger partial charge in [-0.1, -0.05) is 0 Å². The molecule has 0 atom stereocenters. The average molecular weight is 157 g/mol. The van der Waals surface area contributed by atoms with E-state index in [4.69, 9.17) is 19.8 Å². The number of rotatable bonds is 0. The zero-order chi connectivity index (χ0) is 5.15. The van der Waals surface area contributed by atoms with E-state index in [2.05, 4.69) is 0 Å². The third kappa shape index (κ3) is 9.39. The van der Waals surface area contributed by atoms with Crippen molar-refractivity contribution in [2.24, 2.45) is 0 Å². The van der Waals surface area contributed by atoms with Gasteiger partial charge in [0, 0.05) is 16.5 Å². The van der Waals surface area contributed by atoms with Crippen LogP contribution in [-0.4, -0.2) is 22.2 Å². The molecule has 0 aromatic rings. The van der Waals surface area contributed by atoms with Gasteiger partial charge in [-0.2, -0.15) is 0 Å². The molecule has 0 unspecified atom stereocenters. The van der Waals surface area contributed by atoms with Gasteiger partial charge in [-0.25, -0.2) is 9.59 Å². The number of aliphatic carboxylic acids is 2. The summed E-state index contributed by atoms with van der Waals surface area (Å²) < 4.78 is 0. The van der Waals surface area contributed by atoms with E-state index in [9.17, 15) is 0 Å². The number of carbonyl (C=O) groups is 2. The Hall–Kier alpha value is 0.0309. The van der Waals surface area contributed by atoms with Gasteiger partial charge in [0.25, 0.3) is 0 Å². The van der Waals surface area contributed by atoms with Crippen molar-refractivity contribution in [3.8, 4) is 0 Å². The van der Waals surface area contributed by atoms with E-state index in [1.807, 2.05) is 0 Å². The van der Waals surface area contributed by atoms with Crippen LogP contribution in [0.3, 0.4) is 0 Å². The first-order chi connectivity index (χ1) is 2.64. The molecule has 8 heavy (non-hydrogen) atoms. The number of hydrogen-bond acceptors (Lipinski definition) is 2. The summed E-state index contributed by atoms with van der Waals surface area (Å²) in [5.74, 6) is -3.65. The largest absolute Gasteiger partial charge is 1.00 e. The Morgan fingerprint density at radius 1 is 1.12 bits per heavy atom. The molecule has 0 spiro atoms. The van der Waals surface area contributed by atoms with E-state index < -0.39 is 11.9 Å². The zero-order valence-electron chi connectivity index (χ0n) is 5.03. The van der Waals surface area contributed by atoms with Gasteiger partial charge in [0.05, 0.1) is 0 Å². The number of hydrogen-bond donors (Lipinski definition) is 2. The molecule has 6 heteroatoms. The smallest absolute Gasteiger partial charge is 1.00 e. The molecule has 0 rings (SSSR count). The predicted molar refractivity (Wildman–Crippen MR) is 16.4 cm³/mol. The fraction of sp³-hybridized carbons (Fsp3) is 0. The Bertz CT molecular complexity index is 84.6. The molecule has 0 fully saturated rings. The Balaban J connectivity index is -0.0000000417. The van der Waals surface area contributed by atoms with Crippen molar-refractivity contribution in [2.45, 2.75) is 0 Å². The van der Waals surface area contributed by atoms with Crippen LogP contribution >= 0.6 is 0 Å². The molecule has 0 aliphatic rings. The Morgan fingerprint density at radius 2 is 1.25 bits per heavy atom. The van der Waals surface area contributed by atoms with Crippen LogP contribution in [0.2, 0.25) is 0 Å². The minimum absolute atomic E-state index is 0. The van der Waals surface area contributed by atoms with Crippen molar-refractivity contribution in [3.05, 3.63) is 0 Å². The second-order valence-corrected chi connectivity index (χ2v) is 0.610. The van der Waals surface area contributed by atoms with E-state index in [0.717, 1.165) is 0 Å². The normalized spacial score (nSPS) is 5.50. The predicted octanol–water partition coefficient (Wildman–Crippen LogP) is -3.73. The third-order valence-corrected chi connectivity index (χ3v) is 0.183. The standard InChI is InChI=1S/C2H2O4.Li.Ni.H/c3-1(4)2(5)6;;;/h(H,3,4)(H,5,6);;;/q;+1;;-1. The molecule has 0 aliphatic carbocycles. The van der Waals surface area contributed by atoms with Crippen LogP contribution in [0.25, 0.3) is 0 Å². The minimum Gasteiger partial charge on any atom is -1.00 e. The van der Waals surface area contributed by atoms with Crippen molar-refractivity contribution in [2.75, 3.05) is 0 Å². The van der Waals surface area contributed by atoms with Gasteiger partial charge in [-0.3, -0.25) is 0 Å². The Morgan fingerprint density at radius 3 is 1.25 bits per heavy atom. The minimum atomic E-state index is -1.82. The van der Waals surface area contributed by atoms with Crippen LogP contribution in [-0.2, 0) is 26.1 Å². The molecule has 4 nitrogen and oxygen atoms in total. The molecular formula is C2H3LiNiO4. The van der Waals surface area contributed by atoms with Gasteiger partial charge in [0.2, 0.25) is 0 Å². The maximum absolute atomic E-state index is 9.10. The van der Waals surface area contributed by atoms with Crippen LogP contribution in [0.4, 0.5) is 0 Å². The van der Waals surface area contributed by atoms with E-state index in [-0.39, 0.29) is 36.8 Å². The molecule has 0 aromatic carbocycles. The number of carboxylic acid groups (broad SMARTS) is 2. The maximum Gasteiger partial charge on any atom is 1.00 e. The van der Waals surface area contributed by atoms with E-state index >= 15 is 0 Å². The molecule has 0 aromatic heterocycles. The van der Waals surface area contributed by atoms with Gasteiger partial charge < -0.3 is 11.6 Å². The van der Waals surface area contributed by atoms with Gasteiger partial charge in [0.1, 0.15) is 0 Å². The van der Waals surface area contributed by atoms with E-state index in [1.54, 1.807) is 0 Å². The molecular weight excluding hydrogens is 154 g/mol. The van der Waals surface area contributed by atoms with Crippen LogP contribution in [0, 0.1) is 0 Å². The molecule has 0 aliphatic heterocycles. The SMILES string of the molecule is O=C(O)C(=O)O.[H-].[Li+].[Ni]. The first-order valence-corrected chi connectivity index (χ1v) is 1.11. The summed E-state index contributed by atoms with van der Waals surface area (Å²) in [5.41, 5.74) is 0. The fourth-order valence-corrected chi connectivity index (χ4v) is 0. The van der Waals surface area contributed by atoms with Crippen molar-refractivity contribution >= 4 is 11.9 Å². The van der Waals surface area contributed by atoms with Gasteiger partial charge in [-0.15, -0.1) is 0 Å². The quantitative estimate of drug-likeness (QED) is 0.280. The molecule has 0 saturated carbocycles. The Kier molecular flexibility index (Phi) is 13.8. The van der Waals surface area contributed by atoms with E-state index in [0.29, 0.717) is 0 Å². The molecule has 46 valence electrons. The van der Waals surface area contributed by atoms with E-state index in [1.165, 1.54) is 0 Å². The molecule has 0 amide bonds. The topological polar surface area (TPSA) is 74.6 Å². The van der Waals surface area contributed by atoms with Crippen molar-refractivity contribution in [1.29, 1.82) is 0 Å². The summed E-state index contributed by atoms with van der Waals surface area (Å²) in [6, 6.07) is 0. The summed E-state index contributed by atoms with van der Waals surface area (Å²) >= 11 is 0. The summed E-state index contributed by atoms with van der Waals surface area (Å²) in [5, 5.41) is 14.8. The van der Waals surface area contributed by atoms with Crippen molar-refractivity contribution < 1.29 is 56.6 Å². The van der Waals surface area contributed by atoms with Crippen LogP contribution in [0.5, 0.6) is 0 Å². The molecule has 2 N–H and O–H groups in total. The molecule has 0 bridgehead atoms. The van der Waals surface area contributed by atoms with Crippen LogP contribution in [0.1, 0.15) is 1.43 Å². The van der Waals surface area contributed by atoms with Crippen molar-refractivity contribution in [1.82, 2.24) is 0 Å². The second kappa shape index (κ2) is 7.03. The first-order valence-electron chi connectivity index (χ1n) is 1.11. The summed E-state index contributed by atoms with van der Waals surface area (Å²) in [6.07, 6.45) is 0.